The standard InChI is InChI=1S/C18H16N4O5/c1-27-17(25)11-4-6-12(7-5-11)20-15(23)10-22-16(24)13(9-19)14-3-2-8-21(14)18(22)26/h4-7H,2-3,8,10H2,1H3,(H,20,23). The molecule has 1 N–H and O–H groups in total. The quantitative estimate of drug-likeness (QED) is 0.772. The molecule has 3 rings (SSSR count). The first-order chi connectivity index (χ1) is 13.0. The van der Waals surface area contributed by atoms with Crippen LogP contribution in [-0.2, 0) is 29.0 Å². The van der Waals surface area contributed by atoms with Crippen LogP contribution in [0.25, 0.3) is 0 Å². The Morgan fingerprint density at radius 3 is 2.59 bits per heavy atom. The molecule has 2 heterocycles. The van der Waals surface area contributed by atoms with Gasteiger partial charge in [0, 0.05) is 17.9 Å². The Labute approximate surface area is 153 Å². The van der Waals surface area contributed by atoms with E-state index in [1.807, 2.05) is 6.07 Å². The molecule has 0 radical (unpaired) electrons. The Morgan fingerprint density at radius 2 is 1.96 bits per heavy atom. The van der Waals surface area contributed by atoms with Crippen molar-refractivity contribution in [3.8, 4) is 6.07 Å². The lowest BCUT2D eigenvalue weighted by atomic mass is 10.2. The van der Waals surface area contributed by atoms with Crippen molar-refractivity contribution >= 4 is 17.6 Å². The number of anilines is 1. The number of rotatable bonds is 4. The molecule has 1 aromatic heterocycles. The molecule has 0 spiro atoms. The summed E-state index contributed by atoms with van der Waals surface area (Å²) < 4.78 is 6.74. The highest BCUT2D eigenvalue weighted by atomic mass is 16.5. The predicted octanol–water partition coefficient (Wildman–Crippen LogP) is 0.253. The average Bonchev–Trinajstić information content (AvgIpc) is 3.15. The minimum atomic E-state index is -0.758. The number of hydrogen-bond acceptors (Lipinski definition) is 6. The second-order valence-electron chi connectivity index (χ2n) is 5.98. The minimum absolute atomic E-state index is 0.0951. The smallest absolute Gasteiger partial charge is 0.337 e. The summed E-state index contributed by atoms with van der Waals surface area (Å²) in [5.74, 6) is -1.10. The van der Waals surface area contributed by atoms with Gasteiger partial charge in [0.1, 0.15) is 18.2 Å². The number of esters is 1. The van der Waals surface area contributed by atoms with Gasteiger partial charge < -0.3 is 10.1 Å². The van der Waals surface area contributed by atoms with Gasteiger partial charge in [0.15, 0.2) is 0 Å². The lowest BCUT2D eigenvalue weighted by molar-refractivity contribution is -0.116. The van der Waals surface area contributed by atoms with Crippen molar-refractivity contribution < 1.29 is 14.3 Å². The van der Waals surface area contributed by atoms with Crippen molar-refractivity contribution in [2.45, 2.75) is 25.9 Å². The van der Waals surface area contributed by atoms with E-state index in [-0.39, 0.29) is 5.56 Å². The fourth-order valence-corrected chi connectivity index (χ4v) is 3.04. The SMILES string of the molecule is COC(=O)c1ccc(NC(=O)Cn2c(=O)c(C#N)c3n(c2=O)CCC3)cc1. The first-order valence-corrected chi connectivity index (χ1v) is 8.21. The number of methoxy groups -OCH3 is 1. The summed E-state index contributed by atoms with van der Waals surface area (Å²) >= 11 is 0. The number of fused-ring (bicyclic) bond motifs is 1. The average molecular weight is 368 g/mol. The molecule has 1 aromatic carbocycles. The molecule has 0 aliphatic carbocycles. The van der Waals surface area contributed by atoms with Gasteiger partial charge in [0.2, 0.25) is 5.91 Å². The molecular weight excluding hydrogens is 352 g/mol. The Hall–Kier alpha value is -3.67. The summed E-state index contributed by atoms with van der Waals surface area (Å²) in [7, 11) is 1.26. The third-order valence-corrected chi connectivity index (χ3v) is 4.33. The largest absolute Gasteiger partial charge is 0.465 e. The molecule has 9 nitrogen and oxygen atoms in total. The summed E-state index contributed by atoms with van der Waals surface area (Å²) in [6.07, 6.45) is 1.17. The van der Waals surface area contributed by atoms with E-state index in [9.17, 15) is 24.4 Å². The molecule has 0 saturated carbocycles. The van der Waals surface area contributed by atoms with Gasteiger partial charge >= 0.3 is 11.7 Å². The lowest BCUT2D eigenvalue weighted by Crippen LogP contribution is -2.44. The maximum absolute atomic E-state index is 12.5. The van der Waals surface area contributed by atoms with Crippen LogP contribution >= 0.6 is 0 Å². The Kier molecular flexibility index (Phi) is 4.90. The molecule has 0 bridgehead atoms. The molecule has 9 heteroatoms. The molecule has 0 saturated heterocycles. The summed E-state index contributed by atoms with van der Waals surface area (Å²) in [6.45, 7) is -0.0921. The van der Waals surface area contributed by atoms with E-state index in [4.69, 9.17) is 0 Å². The fraction of sp³-hybridized carbons (Fsp3) is 0.278. The Morgan fingerprint density at radius 1 is 1.26 bits per heavy atom. The van der Waals surface area contributed by atoms with Crippen LogP contribution in [0.5, 0.6) is 0 Å². The second-order valence-corrected chi connectivity index (χ2v) is 5.98. The van der Waals surface area contributed by atoms with Gasteiger partial charge in [-0.25, -0.2) is 14.2 Å². The highest BCUT2D eigenvalue weighted by molar-refractivity contribution is 5.92. The van der Waals surface area contributed by atoms with Crippen LogP contribution < -0.4 is 16.6 Å². The van der Waals surface area contributed by atoms with Gasteiger partial charge in [-0.1, -0.05) is 0 Å². The number of amides is 1. The fourth-order valence-electron chi connectivity index (χ4n) is 3.04. The zero-order valence-corrected chi connectivity index (χ0v) is 14.5. The van der Waals surface area contributed by atoms with Gasteiger partial charge in [-0.15, -0.1) is 0 Å². The zero-order valence-electron chi connectivity index (χ0n) is 14.5. The molecule has 0 fully saturated rings. The van der Waals surface area contributed by atoms with Crippen LogP contribution in [0, 0.1) is 11.3 Å². The van der Waals surface area contributed by atoms with Crippen LogP contribution in [-0.4, -0.2) is 28.1 Å². The van der Waals surface area contributed by atoms with Crippen LogP contribution in [0.15, 0.2) is 33.9 Å². The number of benzene rings is 1. The van der Waals surface area contributed by atoms with Crippen molar-refractivity contribution in [3.63, 3.8) is 0 Å². The topological polar surface area (TPSA) is 123 Å². The molecule has 1 aliphatic heterocycles. The minimum Gasteiger partial charge on any atom is -0.465 e. The number of ether oxygens (including phenoxy) is 1. The van der Waals surface area contributed by atoms with Gasteiger partial charge in [0.25, 0.3) is 5.56 Å². The summed E-state index contributed by atoms with van der Waals surface area (Å²) in [5, 5.41) is 11.8. The molecular formula is C18H16N4O5. The number of carbonyl (C=O) groups excluding carboxylic acids is 2. The molecule has 27 heavy (non-hydrogen) atoms. The van der Waals surface area contributed by atoms with Crippen LogP contribution in [0.4, 0.5) is 5.69 Å². The Balaban J connectivity index is 1.83. The number of nitriles is 1. The lowest BCUT2D eigenvalue weighted by Gasteiger charge is -2.11. The summed E-state index contributed by atoms with van der Waals surface area (Å²) in [5.41, 5.74) is -0.302. The summed E-state index contributed by atoms with van der Waals surface area (Å²) in [4.78, 5) is 48.6. The van der Waals surface area contributed by atoms with Crippen molar-refractivity contribution in [2.75, 3.05) is 12.4 Å². The summed E-state index contributed by atoms with van der Waals surface area (Å²) in [6, 6.07) is 7.80. The number of hydrogen-bond donors (Lipinski definition) is 1. The van der Waals surface area contributed by atoms with Gasteiger partial charge in [-0.05, 0) is 37.1 Å². The Bertz CT molecular complexity index is 1070. The number of nitrogens with one attached hydrogen (secondary N) is 1. The van der Waals surface area contributed by atoms with E-state index in [0.29, 0.717) is 36.3 Å². The van der Waals surface area contributed by atoms with Gasteiger partial charge in [-0.3, -0.25) is 14.2 Å². The first kappa shape index (κ1) is 18.1. The number of nitrogens with zero attached hydrogens (tertiary/aromatic N) is 3. The van der Waals surface area contributed by atoms with Crippen LogP contribution in [0.3, 0.4) is 0 Å². The van der Waals surface area contributed by atoms with E-state index in [0.717, 1.165) is 4.57 Å². The van der Waals surface area contributed by atoms with E-state index in [1.165, 1.54) is 35.9 Å². The van der Waals surface area contributed by atoms with Gasteiger partial charge in [-0.2, -0.15) is 5.26 Å². The van der Waals surface area contributed by atoms with Gasteiger partial charge in [0.05, 0.1) is 12.7 Å². The monoisotopic (exact) mass is 368 g/mol. The molecule has 1 amide bonds. The van der Waals surface area contributed by atoms with Crippen molar-refractivity contribution in [3.05, 3.63) is 61.9 Å². The molecule has 0 unspecified atom stereocenters. The van der Waals surface area contributed by atoms with E-state index < -0.39 is 29.7 Å². The first-order valence-electron chi connectivity index (χ1n) is 8.21. The normalized spacial score (nSPS) is 12.1. The van der Waals surface area contributed by atoms with Crippen molar-refractivity contribution in [1.82, 2.24) is 9.13 Å². The third-order valence-electron chi connectivity index (χ3n) is 4.33. The van der Waals surface area contributed by atoms with Crippen molar-refractivity contribution in [1.29, 1.82) is 5.26 Å². The van der Waals surface area contributed by atoms with Crippen LogP contribution in [0.1, 0.15) is 28.0 Å². The van der Waals surface area contributed by atoms with E-state index in [2.05, 4.69) is 10.1 Å². The van der Waals surface area contributed by atoms with E-state index in [1.54, 1.807) is 0 Å². The molecule has 1 aliphatic rings. The zero-order chi connectivity index (χ0) is 19.6. The van der Waals surface area contributed by atoms with Crippen molar-refractivity contribution in [2.24, 2.45) is 0 Å². The van der Waals surface area contributed by atoms with Crippen LogP contribution in [0.2, 0.25) is 0 Å². The molecule has 0 atom stereocenters. The number of carbonyl (C=O) groups is 2. The number of aromatic nitrogens is 2. The molecule has 2 aromatic rings. The maximum atomic E-state index is 12.5. The maximum Gasteiger partial charge on any atom is 0.337 e. The third kappa shape index (κ3) is 3.37. The molecule has 138 valence electrons. The highest BCUT2D eigenvalue weighted by Crippen LogP contribution is 2.13. The predicted molar refractivity (Wildman–Crippen MR) is 94.4 cm³/mol. The second kappa shape index (κ2) is 7.29. The highest BCUT2D eigenvalue weighted by Gasteiger charge is 2.23. The van der Waals surface area contributed by atoms with E-state index >= 15 is 0 Å².